The Hall–Kier alpha value is -0.900. The molecule has 1 fully saturated rings. The second-order valence-corrected chi connectivity index (χ2v) is 4.56. The molecule has 0 bridgehead atoms. The van der Waals surface area contributed by atoms with Gasteiger partial charge in [-0.15, -0.1) is 0 Å². The second kappa shape index (κ2) is 4.31. The van der Waals surface area contributed by atoms with Gasteiger partial charge in [0.05, 0.1) is 6.54 Å². The molecule has 3 unspecified atom stereocenters. The zero-order valence-corrected chi connectivity index (χ0v) is 9.66. The van der Waals surface area contributed by atoms with Gasteiger partial charge in [-0.1, -0.05) is 19.0 Å². The summed E-state index contributed by atoms with van der Waals surface area (Å²) in [5.41, 5.74) is 0. The molecule has 4 nitrogen and oxygen atoms in total. The third kappa shape index (κ3) is 2.56. The van der Waals surface area contributed by atoms with Crippen LogP contribution in [0, 0.1) is 5.92 Å². The van der Waals surface area contributed by atoms with Crippen LogP contribution in [0.3, 0.4) is 0 Å². The molecule has 1 N–H and O–H groups in total. The van der Waals surface area contributed by atoms with Crippen LogP contribution < -0.4 is 5.32 Å². The van der Waals surface area contributed by atoms with Gasteiger partial charge in [0.25, 0.3) is 0 Å². The maximum atomic E-state index is 5.19. The predicted molar refractivity (Wildman–Crippen MR) is 57.4 cm³/mol. The van der Waals surface area contributed by atoms with Crippen molar-refractivity contribution in [3.63, 3.8) is 0 Å². The third-order valence-electron chi connectivity index (χ3n) is 3.14. The fraction of sp³-hybridized carbons (Fsp3) is 0.818. The Morgan fingerprint density at radius 2 is 2.33 bits per heavy atom. The molecule has 2 rings (SSSR count). The summed E-state index contributed by atoms with van der Waals surface area (Å²) in [6.07, 6.45) is 2.32. The molecule has 0 saturated heterocycles. The van der Waals surface area contributed by atoms with Crippen molar-refractivity contribution in [2.45, 2.75) is 52.1 Å². The van der Waals surface area contributed by atoms with Gasteiger partial charge >= 0.3 is 0 Å². The Balaban J connectivity index is 1.85. The van der Waals surface area contributed by atoms with Crippen LogP contribution in [-0.2, 0) is 6.54 Å². The van der Waals surface area contributed by atoms with E-state index in [1.807, 2.05) is 0 Å². The van der Waals surface area contributed by atoms with Crippen molar-refractivity contribution in [1.29, 1.82) is 0 Å². The summed E-state index contributed by atoms with van der Waals surface area (Å²) >= 11 is 0. The van der Waals surface area contributed by atoms with Gasteiger partial charge in [0, 0.05) is 12.0 Å². The molecule has 15 heavy (non-hydrogen) atoms. The van der Waals surface area contributed by atoms with Crippen LogP contribution in [0.4, 0.5) is 0 Å². The number of nitrogens with zero attached hydrogens (tertiary/aromatic N) is 2. The van der Waals surface area contributed by atoms with E-state index in [0.717, 1.165) is 18.2 Å². The van der Waals surface area contributed by atoms with Crippen molar-refractivity contribution in [1.82, 2.24) is 15.5 Å². The van der Waals surface area contributed by atoms with E-state index in [1.165, 1.54) is 6.42 Å². The smallest absolute Gasteiger partial charge is 0.240 e. The first-order valence-electron chi connectivity index (χ1n) is 5.76. The van der Waals surface area contributed by atoms with E-state index in [1.54, 1.807) is 0 Å². The molecule has 0 amide bonds. The normalized spacial score (nSPS) is 26.6. The highest BCUT2D eigenvalue weighted by Crippen LogP contribution is 2.45. The highest BCUT2D eigenvalue weighted by molar-refractivity contribution is 5.07. The molecule has 4 heteroatoms. The standard InChI is InChI=1S/C11H19N3O/c1-4-8(3)12-6-10-13-11(14-15-10)9-5-7(9)2/h7-9,12H,4-6H2,1-3H3. The predicted octanol–water partition coefficient (Wildman–Crippen LogP) is 2.08. The van der Waals surface area contributed by atoms with Gasteiger partial charge in [-0.25, -0.2) is 0 Å². The quantitative estimate of drug-likeness (QED) is 0.806. The fourth-order valence-corrected chi connectivity index (χ4v) is 1.58. The highest BCUT2D eigenvalue weighted by Gasteiger charge is 2.37. The summed E-state index contributed by atoms with van der Waals surface area (Å²) in [6, 6.07) is 0.500. The molecular weight excluding hydrogens is 190 g/mol. The molecule has 0 spiro atoms. The second-order valence-electron chi connectivity index (χ2n) is 4.56. The Morgan fingerprint density at radius 1 is 1.60 bits per heavy atom. The minimum atomic E-state index is 0.500. The number of aromatic nitrogens is 2. The fourth-order valence-electron chi connectivity index (χ4n) is 1.58. The van der Waals surface area contributed by atoms with E-state index in [2.05, 4.69) is 36.2 Å². The van der Waals surface area contributed by atoms with E-state index >= 15 is 0 Å². The molecule has 3 atom stereocenters. The monoisotopic (exact) mass is 209 g/mol. The van der Waals surface area contributed by atoms with E-state index in [-0.39, 0.29) is 0 Å². The van der Waals surface area contributed by atoms with Crippen LogP contribution in [-0.4, -0.2) is 16.2 Å². The van der Waals surface area contributed by atoms with Crippen molar-refractivity contribution < 1.29 is 4.52 Å². The molecule has 84 valence electrons. The maximum Gasteiger partial charge on any atom is 0.240 e. The minimum Gasteiger partial charge on any atom is -0.338 e. The Kier molecular flexibility index (Phi) is 3.05. The van der Waals surface area contributed by atoms with Crippen LogP contribution in [0.2, 0.25) is 0 Å². The van der Waals surface area contributed by atoms with Crippen molar-refractivity contribution in [2.24, 2.45) is 5.92 Å². The Bertz CT molecular complexity index is 323. The average Bonchev–Trinajstić information content (AvgIpc) is 2.80. The minimum absolute atomic E-state index is 0.500. The summed E-state index contributed by atoms with van der Waals surface area (Å²) < 4.78 is 5.19. The van der Waals surface area contributed by atoms with Crippen molar-refractivity contribution >= 4 is 0 Å². The van der Waals surface area contributed by atoms with Crippen molar-refractivity contribution in [2.75, 3.05) is 0 Å². The molecule has 0 radical (unpaired) electrons. The molecular formula is C11H19N3O. The van der Waals surface area contributed by atoms with Gasteiger partial charge < -0.3 is 9.84 Å². The van der Waals surface area contributed by atoms with Crippen molar-refractivity contribution in [3.8, 4) is 0 Å². The number of hydrogen-bond donors (Lipinski definition) is 1. The Morgan fingerprint density at radius 3 is 2.93 bits per heavy atom. The summed E-state index contributed by atoms with van der Waals surface area (Å²) in [6.45, 7) is 7.21. The van der Waals surface area contributed by atoms with Gasteiger partial charge in [0.15, 0.2) is 5.82 Å². The van der Waals surface area contributed by atoms with Gasteiger partial charge in [0.2, 0.25) is 5.89 Å². The topological polar surface area (TPSA) is 51.0 Å². The maximum absolute atomic E-state index is 5.19. The van der Waals surface area contributed by atoms with Crippen molar-refractivity contribution in [3.05, 3.63) is 11.7 Å². The first-order chi connectivity index (χ1) is 7.20. The van der Waals surface area contributed by atoms with Crippen LogP contribution in [0.5, 0.6) is 0 Å². The lowest BCUT2D eigenvalue weighted by molar-refractivity contribution is 0.354. The van der Waals surface area contributed by atoms with E-state index in [9.17, 15) is 0 Å². The van der Waals surface area contributed by atoms with Crippen LogP contribution in [0.25, 0.3) is 0 Å². The lowest BCUT2D eigenvalue weighted by Gasteiger charge is -2.07. The summed E-state index contributed by atoms with van der Waals surface area (Å²) in [5, 5.41) is 7.34. The summed E-state index contributed by atoms with van der Waals surface area (Å²) in [4.78, 5) is 4.39. The molecule has 1 saturated carbocycles. The number of hydrogen-bond acceptors (Lipinski definition) is 4. The Labute approximate surface area is 90.4 Å². The molecule has 1 aliphatic rings. The van der Waals surface area contributed by atoms with E-state index in [0.29, 0.717) is 24.4 Å². The summed E-state index contributed by atoms with van der Waals surface area (Å²) in [7, 11) is 0. The van der Waals surface area contributed by atoms with E-state index in [4.69, 9.17) is 4.52 Å². The molecule has 1 heterocycles. The van der Waals surface area contributed by atoms with Crippen LogP contribution >= 0.6 is 0 Å². The molecule has 0 aromatic carbocycles. The first-order valence-corrected chi connectivity index (χ1v) is 5.76. The largest absolute Gasteiger partial charge is 0.338 e. The lowest BCUT2D eigenvalue weighted by atomic mass is 10.2. The van der Waals surface area contributed by atoms with E-state index < -0.39 is 0 Å². The van der Waals surface area contributed by atoms with Crippen LogP contribution in [0.15, 0.2) is 4.52 Å². The van der Waals surface area contributed by atoms with Gasteiger partial charge in [-0.05, 0) is 25.7 Å². The molecule has 1 aromatic heterocycles. The molecule has 1 aliphatic carbocycles. The zero-order chi connectivity index (χ0) is 10.8. The van der Waals surface area contributed by atoms with Crippen LogP contribution in [0.1, 0.15) is 51.2 Å². The zero-order valence-electron chi connectivity index (χ0n) is 9.66. The van der Waals surface area contributed by atoms with Gasteiger partial charge in [-0.2, -0.15) is 4.98 Å². The first kappa shape index (κ1) is 10.6. The highest BCUT2D eigenvalue weighted by atomic mass is 16.5. The van der Waals surface area contributed by atoms with Gasteiger partial charge in [0.1, 0.15) is 0 Å². The molecule has 0 aliphatic heterocycles. The van der Waals surface area contributed by atoms with Gasteiger partial charge in [-0.3, -0.25) is 0 Å². The lowest BCUT2D eigenvalue weighted by Crippen LogP contribution is -2.24. The molecule has 1 aromatic rings. The third-order valence-corrected chi connectivity index (χ3v) is 3.14. The SMILES string of the molecule is CCC(C)NCc1nc(C2CC2C)no1. The average molecular weight is 209 g/mol. The number of rotatable bonds is 5. The number of nitrogens with one attached hydrogen (secondary N) is 1. The summed E-state index contributed by atoms with van der Waals surface area (Å²) in [5.74, 6) is 2.89.